The number of nitrogens with zero attached hydrogens (tertiary/aromatic N) is 3. The highest BCUT2D eigenvalue weighted by Gasteiger charge is 2.57. The van der Waals surface area contributed by atoms with Gasteiger partial charge in [-0.15, -0.1) is 0 Å². The lowest BCUT2D eigenvalue weighted by Gasteiger charge is -2.36. The first-order valence-corrected chi connectivity index (χ1v) is 13.7. The molecular formula is C28H32N4O4S. The van der Waals surface area contributed by atoms with E-state index in [1.807, 2.05) is 62.1 Å². The number of piperazine rings is 1. The Labute approximate surface area is 220 Å². The number of carbonyl (C=O) groups excluding carboxylic acids is 2. The van der Waals surface area contributed by atoms with Crippen molar-refractivity contribution in [1.29, 1.82) is 0 Å². The van der Waals surface area contributed by atoms with Gasteiger partial charge in [-0.2, -0.15) is 0 Å². The predicted octanol–water partition coefficient (Wildman–Crippen LogP) is 4.93. The van der Waals surface area contributed by atoms with Crippen LogP contribution in [0.2, 0.25) is 0 Å². The molecule has 2 aliphatic heterocycles. The van der Waals surface area contributed by atoms with Gasteiger partial charge in [0.1, 0.15) is 16.9 Å². The van der Waals surface area contributed by atoms with Crippen molar-refractivity contribution in [2.45, 2.75) is 69.8 Å². The Morgan fingerprint density at radius 2 is 1.84 bits per heavy atom. The molecule has 0 spiro atoms. The summed E-state index contributed by atoms with van der Waals surface area (Å²) in [6.07, 6.45) is 1.81. The number of para-hydroxylation sites is 1. The minimum Gasteiger partial charge on any atom is -0.444 e. The maximum absolute atomic E-state index is 13.3. The zero-order valence-electron chi connectivity index (χ0n) is 21.4. The van der Waals surface area contributed by atoms with Gasteiger partial charge >= 0.3 is 6.09 Å². The van der Waals surface area contributed by atoms with Crippen LogP contribution >= 0.6 is 11.3 Å². The standard InChI is InChI=1S/C28H32N4O4S/c1-27(2,3)36-25(34)30-28(12-13-28)24(33)32-17-19-14-20(32)16-31(19)15-18-8-10-21(11-9-18)35-26-29-22-6-4-5-7-23(22)37-26/h4-11,19-20H,12-17H2,1-3H3,(H,30,34). The van der Waals surface area contributed by atoms with E-state index in [0.29, 0.717) is 30.6 Å². The van der Waals surface area contributed by atoms with Gasteiger partial charge in [-0.05, 0) is 69.9 Å². The summed E-state index contributed by atoms with van der Waals surface area (Å²) in [7, 11) is 0. The van der Waals surface area contributed by atoms with E-state index in [9.17, 15) is 9.59 Å². The van der Waals surface area contributed by atoms with Crippen molar-refractivity contribution in [1.82, 2.24) is 20.1 Å². The zero-order chi connectivity index (χ0) is 25.8. The lowest BCUT2D eigenvalue weighted by Crippen LogP contribution is -2.56. The quantitative estimate of drug-likeness (QED) is 0.496. The number of thiazole rings is 1. The van der Waals surface area contributed by atoms with Crippen molar-refractivity contribution in [3.05, 3.63) is 54.1 Å². The van der Waals surface area contributed by atoms with Crippen molar-refractivity contribution in [2.75, 3.05) is 13.1 Å². The Morgan fingerprint density at radius 1 is 1.08 bits per heavy atom. The molecular weight excluding hydrogens is 488 g/mol. The number of hydrogen-bond acceptors (Lipinski definition) is 7. The number of fused-ring (bicyclic) bond motifs is 3. The second kappa shape index (κ2) is 8.99. The number of likely N-dealkylation sites (tertiary alicyclic amines) is 2. The Morgan fingerprint density at radius 3 is 2.49 bits per heavy atom. The topological polar surface area (TPSA) is 84.0 Å². The Hall–Kier alpha value is -3.17. The molecule has 3 heterocycles. The third-order valence-electron chi connectivity index (χ3n) is 7.30. The Balaban J connectivity index is 1.03. The maximum Gasteiger partial charge on any atom is 0.408 e. The van der Waals surface area contributed by atoms with Gasteiger partial charge in [0, 0.05) is 31.7 Å². The van der Waals surface area contributed by atoms with Crippen molar-refractivity contribution in [3.63, 3.8) is 0 Å². The van der Waals surface area contributed by atoms with E-state index in [0.717, 1.165) is 35.5 Å². The number of nitrogens with one attached hydrogen (secondary N) is 1. The largest absolute Gasteiger partial charge is 0.444 e. The number of alkyl carbamates (subject to hydrolysis) is 1. The molecule has 2 atom stereocenters. The normalized spacial score (nSPS) is 22.3. The number of ether oxygens (including phenoxy) is 2. The highest BCUT2D eigenvalue weighted by atomic mass is 32.1. The molecule has 3 aromatic rings. The smallest absolute Gasteiger partial charge is 0.408 e. The van der Waals surface area contributed by atoms with Crippen LogP contribution in [0.5, 0.6) is 10.9 Å². The van der Waals surface area contributed by atoms with Gasteiger partial charge < -0.3 is 19.7 Å². The molecule has 37 heavy (non-hydrogen) atoms. The zero-order valence-corrected chi connectivity index (χ0v) is 22.2. The second-order valence-electron chi connectivity index (χ2n) is 11.3. The van der Waals surface area contributed by atoms with Gasteiger partial charge in [-0.1, -0.05) is 35.6 Å². The van der Waals surface area contributed by atoms with Crippen LogP contribution in [0.25, 0.3) is 10.2 Å². The second-order valence-corrected chi connectivity index (χ2v) is 12.3. The van der Waals surface area contributed by atoms with E-state index in [-0.39, 0.29) is 11.9 Å². The molecule has 2 aromatic carbocycles. The average molecular weight is 521 g/mol. The van der Waals surface area contributed by atoms with Gasteiger partial charge in [0.05, 0.1) is 10.2 Å². The summed E-state index contributed by atoms with van der Waals surface area (Å²) in [5, 5.41) is 3.50. The summed E-state index contributed by atoms with van der Waals surface area (Å²) in [6, 6.07) is 16.7. The van der Waals surface area contributed by atoms with Gasteiger partial charge in [0.25, 0.3) is 5.19 Å². The number of carbonyl (C=O) groups is 2. The summed E-state index contributed by atoms with van der Waals surface area (Å²) >= 11 is 1.54. The number of benzene rings is 2. The summed E-state index contributed by atoms with van der Waals surface area (Å²) in [5.74, 6) is 0.816. The van der Waals surface area contributed by atoms with E-state index >= 15 is 0 Å². The molecule has 9 heteroatoms. The van der Waals surface area contributed by atoms with E-state index in [2.05, 4.69) is 27.3 Å². The first kappa shape index (κ1) is 24.2. The lowest BCUT2D eigenvalue weighted by molar-refractivity contribution is -0.137. The molecule has 2 saturated heterocycles. The molecule has 6 rings (SSSR count). The molecule has 1 aliphatic carbocycles. The van der Waals surface area contributed by atoms with Crippen LogP contribution < -0.4 is 10.1 Å². The molecule has 194 valence electrons. The predicted molar refractivity (Wildman–Crippen MR) is 142 cm³/mol. The molecule has 2 unspecified atom stereocenters. The minimum atomic E-state index is -0.781. The molecule has 8 nitrogen and oxygen atoms in total. The number of amides is 2. The van der Waals surface area contributed by atoms with Gasteiger partial charge in [-0.3, -0.25) is 9.69 Å². The van der Waals surface area contributed by atoms with Crippen molar-refractivity contribution < 1.29 is 19.1 Å². The first-order valence-electron chi connectivity index (χ1n) is 12.9. The minimum absolute atomic E-state index is 0.0434. The van der Waals surface area contributed by atoms with E-state index in [1.165, 1.54) is 5.56 Å². The third kappa shape index (κ3) is 5.02. The molecule has 2 bridgehead atoms. The van der Waals surface area contributed by atoms with Crippen molar-refractivity contribution in [3.8, 4) is 10.9 Å². The number of aromatic nitrogens is 1. The Kier molecular flexibility index (Phi) is 5.88. The maximum atomic E-state index is 13.3. The first-order chi connectivity index (χ1) is 17.7. The summed E-state index contributed by atoms with van der Waals surface area (Å²) in [5.41, 5.74) is 0.795. The van der Waals surface area contributed by atoms with Crippen molar-refractivity contribution in [2.24, 2.45) is 0 Å². The SMILES string of the molecule is CC(C)(C)OC(=O)NC1(C(=O)N2CC3CC2CN3Cc2ccc(Oc3nc4ccccc4s3)cc2)CC1. The summed E-state index contributed by atoms with van der Waals surface area (Å²) in [6.45, 7) is 7.87. The van der Waals surface area contributed by atoms with Gasteiger partial charge in [-0.25, -0.2) is 9.78 Å². The molecule has 3 fully saturated rings. The fourth-order valence-corrected chi connectivity index (χ4v) is 6.21. The van der Waals surface area contributed by atoms with Crippen LogP contribution in [0.3, 0.4) is 0 Å². The number of hydrogen-bond donors (Lipinski definition) is 1. The highest BCUT2D eigenvalue weighted by molar-refractivity contribution is 7.20. The van der Waals surface area contributed by atoms with Gasteiger partial charge in [0.15, 0.2) is 0 Å². The molecule has 1 saturated carbocycles. The van der Waals surface area contributed by atoms with E-state index < -0.39 is 17.2 Å². The van der Waals surface area contributed by atoms with Crippen molar-refractivity contribution >= 4 is 33.6 Å². The van der Waals surface area contributed by atoms with Crippen LogP contribution in [0.1, 0.15) is 45.6 Å². The molecule has 1 aromatic heterocycles. The summed E-state index contributed by atoms with van der Waals surface area (Å²) < 4.78 is 12.5. The number of rotatable bonds is 6. The van der Waals surface area contributed by atoms with Crippen LogP contribution in [0, 0.1) is 0 Å². The van der Waals surface area contributed by atoms with E-state index in [4.69, 9.17) is 9.47 Å². The highest BCUT2D eigenvalue weighted by Crippen LogP contribution is 2.42. The fourth-order valence-electron chi connectivity index (χ4n) is 5.38. The average Bonchev–Trinajstić information content (AvgIpc) is 3.16. The molecule has 2 amide bonds. The molecule has 3 aliphatic rings. The molecule has 1 N–H and O–H groups in total. The third-order valence-corrected chi connectivity index (χ3v) is 8.22. The lowest BCUT2D eigenvalue weighted by atomic mass is 10.1. The van der Waals surface area contributed by atoms with Crippen LogP contribution in [0.15, 0.2) is 48.5 Å². The monoisotopic (exact) mass is 520 g/mol. The van der Waals surface area contributed by atoms with Gasteiger partial charge in [0.2, 0.25) is 5.91 Å². The fraction of sp³-hybridized carbons (Fsp3) is 0.464. The molecule has 0 radical (unpaired) electrons. The van der Waals surface area contributed by atoms with Crippen LogP contribution in [-0.2, 0) is 16.1 Å². The summed E-state index contributed by atoms with van der Waals surface area (Å²) in [4.78, 5) is 34.6. The van der Waals surface area contributed by atoms with Crippen LogP contribution in [0.4, 0.5) is 4.79 Å². The Bertz CT molecular complexity index is 1290. The van der Waals surface area contributed by atoms with Crippen LogP contribution in [-0.4, -0.2) is 63.1 Å². The van der Waals surface area contributed by atoms with E-state index in [1.54, 1.807) is 11.3 Å².